The highest BCUT2D eigenvalue weighted by atomic mass is 79.9. The second kappa shape index (κ2) is 3.29. The van der Waals surface area contributed by atoms with E-state index in [1.54, 1.807) is 13.8 Å². The van der Waals surface area contributed by atoms with Crippen LogP contribution in [-0.4, -0.2) is 39.8 Å². The summed E-state index contributed by atoms with van der Waals surface area (Å²) in [6.45, 7) is 4.05. The minimum Gasteiger partial charge on any atom is -0.465 e. The molecule has 1 N–H and O–H groups in total. The second-order valence-corrected chi connectivity index (χ2v) is 4.98. The van der Waals surface area contributed by atoms with Gasteiger partial charge in [0, 0.05) is 18.5 Å². The Labute approximate surface area is 85.0 Å². The molecule has 0 saturated carbocycles. The van der Waals surface area contributed by atoms with Gasteiger partial charge in [0.15, 0.2) is 5.78 Å². The normalized spacial score (nSPS) is 27.5. The molecule has 0 spiro atoms. The van der Waals surface area contributed by atoms with Crippen molar-refractivity contribution in [1.29, 1.82) is 0 Å². The summed E-state index contributed by atoms with van der Waals surface area (Å²) in [6.07, 6.45) is -0.968. The fourth-order valence-electron chi connectivity index (χ4n) is 1.47. The minimum absolute atomic E-state index is 0.0741. The van der Waals surface area contributed by atoms with Crippen LogP contribution in [0.3, 0.4) is 0 Å². The molecule has 1 heterocycles. The lowest BCUT2D eigenvalue weighted by Crippen LogP contribution is -2.53. The number of piperidine rings is 1. The number of hydrogen-bond donors (Lipinski definition) is 1. The van der Waals surface area contributed by atoms with E-state index in [2.05, 4.69) is 15.9 Å². The molecule has 74 valence electrons. The monoisotopic (exact) mass is 249 g/mol. The summed E-state index contributed by atoms with van der Waals surface area (Å²) in [5.41, 5.74) is -0.579. The predicted octanol–water partition coefficient (Wildman–Crippen LogP) is 1.34. The molecule has 1 fully saturated rings. The third-order valence-corrected chi connectivity index (χ3v) is 2.89. The Kier molecular flexibility index (Phi) is 2.66. The van der Waals surface area contributed by atoms with Gasteiger partial charge in [-0.2, -0.15) is 0 Å². The number of halogens is 1. The first-order chi connectivity index (χ1) is 5.84. The third kappa shape index (κ3) is 2.02. The quantitative estimate of drug-likeness (QED) is 0.660. The van der Waals surface area contributed by atoms with Crippen molar-refractivity contribution in [3.8, 4) is 0 Å². The van der Waals surface area contributed by atoms with Crippen molar-refractivity contribution < 1.29 is 14.7 Å². The smallest absolute Gasteiger partial charge is 0.407 e. The van der Waals surface area contributed by atoms with Gasteiger partial charge in [0.25, 0.3) is 0 Å². The largest absolute Gasteiger partial charge is 0.465 e. The Morgan fingerprint density at radius 2 is 2.23 bits per heavy atom. The van der Waals surface area contributed by atoms with Crippen molar-refractivity contribution in [1.82, 2.24) is 4.90 Å². The molecule has 1 rings (SSSR count). The molecule has 13 heavy (non-hydrogen) atoms. The minimum atomic E-state index is -0.968. The number of Topliss-reactive ketones (excluding diaryl/α,β-unsaturated/α-hetero) is 1. The molecule has 1 aliphatic rings. The van der Waals surface area contributed by atoms with Crippen LogP contribution in [0.1, 0.15) is 13.8 Å². The molecular formula is C8H12BrNO3. The molecule has 0 aliphatic carbocycles. The van der Waals surface area contributed by atoms with Crippen LogP contribution in [0.5, 0.6) is 0 Å². The number of hydrogen-bond acceptors (Lipinski definition) is 2. The van der Waals surface area contributed by atoms with Crippen molar-refractivity contribution in [2.75, 3.05) is 13.1 Å². The average molecular weight is 250 g/mol. The van der Waals surface area contributed by atoms with Crippen LogP contribution in [0.25, 0.3) is 0 Å². The van der Waals surface area contributed by atoms with Gasteiger partial charge in [0.2, 0.25) is 0 Å². The fourth-order valence-corrected chi connectivity index (χ4v) is 2.43. The van der Waals surface area contributed by atoms with E-state index in [9.17, 15) is 9.59 Å². The Morgan fingerprint density at radius 1 is 1.69 bits per heavy atom. The SMILES string of the molecule is CC1(C)CN(C(=O)O)CC(Br)C1=O. The van der Waals surface area contributed by atoms with Gasteiger partial charge in [-0.05, 0) is 0 Å². The Bertz CT molecular complexity index is 252. The summed E-state index contributed by atoms with van der Waals surface area (Å²) in [6, 6.07) is 0. The summed E-state index contributed by atoms with van der Waals surface area (Å²) in [5.74, 6) is 0.0741. The van der Waals surface area contributed by atoms with Crippen LogP contribution in [0.15, 0.2) is 0 Å². The molecule has 1 saturated heterocycles. The first-order valence-electron chi connectivity index (χ1n) is 4.01. The van der Waals surface area contributed by atoms with Gasteiger partial charge in [-0.25, -0.2) is 4.79 Å². The number of carbonyl (C=O) groups is 2. The van der Waals surface area contributed by atoms with Gasteiger partial charge in [-0.15, -0.1) is 0 Å². The van der Waals surface area contributed by atoms with Crippen LogP contribution >= 0.6 is 15.9 Å². The van der Waals surface area contributed by atoms with Gasteiger partial charge in [0.05, 0.1) is 4.83 Å². The lowest BCUT2D eigenvalue weighted by molar-refractivity contribution is -0.129. The zero-order valence-corrected chi connectivity index (χ0v) is 9.17. The highest BCUT2D eigenvalue weighted by molar-refractivity contribution is 9.10. The van der Waals surface area contributed by atoms with Crippen LogP contribution in [-0.2, 0) is 4.79 Å². The van der Waals surface area contributed by atoms with Crippen LogP contribution < -0.4 is 0 Å². The van der Waals surface area contributed by atoms with Crippen molar-refractivity contribution in [2.24, 2.45) is 5.41 Å². The van der Waals surface area contributed by atoms with Gasteiger partial charge in [0.1, 0.15) is 0 Å². The molecule has 0 aromatic carbocycles. The number of carboxylic acid groups (broad SMARTS) is 1. The average Bonchev–Trinajstić information content (AvgIpc) is 1.99. The van der Waals surface area contributed by atoms with Crippen molar-refractivity contribution in [2.45, 2.75) is 18.7 Å². The van der Waals surface area contributed by atoms with Crippen LogP contribution in [0.4, 0.5) is 4.79 Å². The number of alkyl halides is 1. The van der Waals surface area contributed by atoms with E-state index < -0.39 is 11.5 Å². The van der Waals surface area contributed by atoms with Gasteiger partial charge >= 0.3 is 6.09 Å². The summed E-state index contributed by atoms with van der Waals surface area (Å²) >= 11 is 3.18. The van der Waals surface area contributed by atoms with Gasteiger partial charge in [-0.1, -0.05) is 29.8 Å². The molecule has 0 aromatic heterocycles. The maximum absolute atomic E-state index is 11.5. The van der Waals surface area contributed by atoms with Crippen LogP contribution in [0, 0.1) is 5.41 Å². The Morgan fingerprint density at radius 3 is 2.62 bits per heavy atom. The maximum atomic E-state index is 11.5. The van der Waals surface area contributed by atoms with E-state index in [0.29, 0.717) is 0 Å². The van der Waals surface area contributed by atoms with Crippen molar-refractivity contribution in [3.05, 3.63) is 0 Å². The topological polar surface area (TPSA) is 57.6 Å². The van der Waals surface area contributed by atoms with E-state index in [1.807, 2.05) is 0 Å². The molecule has 5 heteroatoms. The van der Waals surface area contributed by atoms with Crippen molar-refractivity contribution in [3.63, 3.8) is 0 Å². The number of nitrogens with zero attached hydrogens (tertiary/aromatic N) is 1. The Balaban J connectivity index is 2.82. The number of rotatable bonds is 0. The number of likely N-dealkylation sites (tertiary alicyclic amines) is 1. The number of ketones is 1. The fraction of sp³-hybridized carbons (Fsp3) is 0.750. The van der Waals surface area contributed by atoms with Crippen molar-refractivity contribution >= 4 is 27.8 Å². The summed E-state index contributed by atoms with van der Waals surface area (Å²) < 4.78 is 0. The van der Waals surface area contributed by atoms with E-state index in [0.717, 1.165) is 0 Å². The Hall–Kier alpha value is -0.580. The molecule has 1 atom stereocenters. The molecule has 0 radical (unpaired) electrons. The van der Waals surface area contributed by atoms with E-state index in [4.69, 9.17) is 5.11 Å². The second-order valence-electron chi connectivity index (χ2n) is 3.88. The maximum Gasteiger partial charge on any atom is 0.407 e. The molecule has 4 nitrogen and oxygen atoms in total. The zero-order valence-electron chi connectivity index (χ0n) is 7.58. The first kappa shape index (κ1) is 10.5. The highest BCUT2D eigenvalue weighted by Crippen LogP contribution is 2.28. The third-order valence-electron chi connectivity index (χ3n) is 2.19. The lowest BCUT2D eigenvalue weighted by Gasteiger charge is -2.37. The molecule has 1 amide bonds. The summed E-state index contributed by atoms with van der Waals surface area (Å²) in [5, 5.41) is 8.77. The molecular weight excluding hydrogens is 238 g/mol. The van der Waals surface area contributed by atoms with Crippen LogP contribution in [0.2, 0.25) is 0 Å². The van der Waals surface area contributed by atoms with Gasteiger partial charge < -0.3 is 10.0 Å². The molecule has 0 aromatic rings. The van der Waals surface area contributed by atoms with E-state index in [1.165, 1.54) is 4.90 Å². The first-order valence-corrected chi connectivity index (χ1v) is 4.92. The summed E-state index contributed by atoms with van der Waals surface area (Å²) in [4.78, 5) is 23.1. The molecule has 0 bridgehead atoms. The number of amides is 1. The zero-order chi connectivity index (χ0) is 10.2. The number of carbonyl (C=O) groups excluding carboxylic acids is 1. The highest BCUT2D eigenvalue weighted by Gasteiger charge is 2.41. The van der Waals surface area contributed by atoms with E-state index in [-0.39, 0.29) is 23.7 Å². The standard InChI is InChI=1S/C8H12BrNO3/c1-8(2)4-10(7(12)13)3-5(9)6(8)11/h5H,3-4H2,1-2H3,(H,12,13). The van der Waals surface area contributed by atoms with E-state index >= 15 is 0 Å². The lowest BCUT2D eigenvalue weighted by atomic mass is 9.83. The summed E-state index contributed by atoms with van der Waals surface area (Å²) in [7, 11) is 0. The molecule has 1 aliphatic heterocycles. The molecule has 1 unspecified atom stereocenters. The van der Waals surface area contributed by atoms with Gasteiger partial charge in [-0.3, -0.25) is 4.79 Å². The predicted molar refractivity (Wildman–Crippen MR) is 51.1 cm³/mol.